The van der Waals surface area contributed by atoms with Gasteiger partial charge in [0.05, 0.1) is 13.2 Å². The third-order valence-electron chi connectivity index (χ3n) is 6.19. The first-order valence-corrected chi connectivity index (χ1v) is 11.1. The minimum Gasteiger partial charge on any atom is -0.379 e. The van der Waals surface area contributed by atoms with Crippen LogP contribution in [0.25, 0.3) is 0 Å². The first-order chi connectivity index (χ1) is 15.1. The maximum Gasteiger partial charge on any atom is 0.253 e. The molecule has 6 nitrogen and oxygen atoms in total. The Kier molecular flexibility index (Phi) is 6.99. The van der Waals surface area contributed by atoms with Crippen molar-refractivity contribution in [1.82, 2.24) is 15.1 Å². The highest BCUT2D eigenvalue weighted by molar-refractivity contribution is 5.96. The summed E-state index contributed by atoms with van der Waals surface area (Å²) in [6.45, 7) is 7.51. The number of piperidine rings is 1. The molecule has 2 fully saturated rings. The van der Waals surface area contributed by atoms with Crippen molar-refractivity contribution >= 4 is 11.8 Å². The standard InChI is InChI=1S/C25H31N3O3/c1-19-5-2-3-8-23(19)24(29)26-22-9-11-28(12-10-22)25(30)21-7-4-6-20(17-21)18-27-13-15-31-16-14-27/h2-8,17,22H,9-16,18H2,1H3,(H,26,29). The molecular formula is C25H31N3O3. The lowest BCUT2D eigenvalue weighted by Crippen LogP contribution is -2.46. The Morgan fingerprint density at radius 2 is 1.74 bits per heavy atom. The second-order valence-electron chi connectivity index (χ2n) is 8.44. The van der Waals surface area contributed by atoms with Crippen LogP contribution in [0, 0.1) is 6.92 Å². The molecule has 4 rings (SSSR count). The van der Waals surface area contributed by atoms with Gasteiger partial charge in [-0.2, -0.15) is 0 Å². The number of hydrogen-bond acceptors (Lipinski definition) is 4. The van der Waals surface area contributed by atoms with Gasteiger partial charge < -0.3 is 15.0 Å². The fourth-order valence-electron chi connectivity index (χ4n) is 4.32. The number of likely N-dealkylation sites (tertiary alicyclic amines) is 1. The van der Waals surface area contributed by atoms with Gasteiger partial charge in [-0.05, 0) is 49.1 Å². The highest BCUT2D eigenvalue weighted by Gasteiger charge is 2.25. The molecule has 2 aromatic rings. The van der Waals surface area contributed by atoms with Gasteiger partial charge in [0, 0.05) is 49.9 Å². The van der Waals surface area contributed by atoms with Gasteiger partial charge in [-0.1, -0.05) is 30.3 Å². The lowest BCUT2D eigenvalue weighted by Gasteiger charge is -2.32. The smallest absolute Gasteiger partial charge is 0.253 e. The Morgan fingerprint density at radius 3 is 2.48 bits per heavy atom. The lowest BCUT2D eigenvalue weighted by atomic mass is 10.0. The van der Waals surface area contributed by atoms with Gasteiger partial charge in [0.1, 0.15) is 0 Å². The van der Waals surface area contributed by atoms with E-state index in [2.05, 4.69) is 16.3 Å². The maximum atomic E-state index is 13.0. The average Bonchev–Trinajstić information content (AvgIpc) is 2.80. The molecular weight excluding hydrogens is 390 g/mol. The first kappa shape index (κ1) is 21.5. The maximum absolute atomic E-state index is 13.0. The number of rotatable bonds is 5. The normalized spacial score (nSPS) is 18.0. The molecule has 0 radical (unpaired) electrons. The first-order valence-electron chi connectivity index (χ1n) is 11.1. The van der Waals surface area contributed by atoms with Gasteiger partial charge in [-0.3, -0.25) is 14.5 Å². The summed E-state index contributed by atoms with van der Waals surface area (Å²) in [5.74, 6) is 0.0474. The molecule has 0 bridgehead atoms. The molecule has 2 aromatic carbocycles. The summed E-state index contributed by atoms with van der Waals surface area (Å²) in [5.41, 5.74) is 3.60. The molecule has 0 spiro atoms. The Labute approximate surface area is 184 Å². The van der Waals surface area contributed by atoms with Crippen LogP contribution < -0.4 is 5.32 Å². The summed E-state index contributed by atoms with van der Waals surface area (Å²) in [5, 5.41) is 3.14. The summed E-state index contributed by atoms with van der Waals surface area (Å²) in [7, 11) is 0. The number of hydrogen-bond donors (Lipinski definition) is 1. The summed E-state index contributed by atoms with van der Waals surface area (Å²) in [6.07, 6.45) is 1.55. The molecule has 2 saturated heterocycles. The zero-order chi connectivity index (χ0) is 21.6. The van der Waals surface area contributed by atoms with Gasteiger partial charge in [-0.15, -0.1) is 0 Å². The van der Waals surface area contributed by atoms with Gasteiger partial charge in [0.25, 0.3) is 11.8 Å². The molecule has 0 aromatic heterocycles. The van der Waals surface area contributed by atoms with Crippen LogP contribution in [0.5, 0.6) is 0 Å². The van der Waals surface area contributed by atoms with Crippen molar-refractivity contribution < 1.29 is 14.3 Å². The van der Waals surface area contributed by atoms with Crippen LogP contribution in [0.3, 0.4) is 0 Å². The monoisotopic (exact) mass is 421 g/mol. The van der Waals surface area contributed by atoms with Crippen LogP contribution in [0.1, 0.15) is 44.7 Å². The van der Waals surface area contributed by atoms with Crippen molar-refractivity contribution in [2.45, 2.75) is 32.4 Å². The predicted octanol–water partition coefficient (Wildman–Crippen LogP) is 2.86. The van der Waals surface area contributed by atoms with Crippen LogP contribution in [0.2, 0.25) is 0 Å². The molecule has 0 atom stereocenters. The number of carbonyl (C=O) groups excluding carboxylic acids is 2. The summed E-state index contributed by atoms with van der Waals surface area (Å²) in [4.78, 5) is 29.9. The molecule has 2 amide bonds. The molecule has 0 unspecified atom stereocenters. The Bertz CT molecular complexity index is 916. The van der Waals surface area contributed by atoms with E-state index in [1.54, 1.807) is 0 Å². The fraction of sp³-hybridized carbons (Fsp3) is 0.440. The molecule has 2 aliphatic heterocycles. The highest BCUT2D eigenvalue weighted by Crippen LogP contribution is 2.17. The van der Waals surface area contributed by atoms with Crippen LogP contribution >= 0.6 is 0 Å². The second kappa shape index (κ2) is 10.1. The Morgan fingerprint density at radius 1 is 1.00 bits per heavy atom. The number of aryl methyl sites for hydroxylation is 1. The van der Waals surface area contributed by atoms with E-state index in [1.807, 2.05) is 54.3 Å². The zero-order valence-electron chi connectivity index (χ0n) is 18.2. The van der Waals surface area contributed by atoms with Crippen molar-refractivity contribution in [3.8, 4) is 0 Å². The van der Waals surface area contributed by atoms with Crippen LogP contribution in [-0.4, -0.2) is 67.0 Å². The minimum atomic E-state index is -0.0290. The van der Waals surface area contributed by atoms with E-state index in [9.17, 15) is 9.59 Å². The molecule has 1 N–H and O–H groups in total. The van der Waals surface area contributed by atoms with Crippen molar-refractivity contribution in [2.24, 2.45) is 0 Å². The van der Waals surface area contributed by atoms with E-state index in [0.717, 1.165) is 67.9 Å². The zero-order valence-corrected chi connectivity index (χ0v) is 18.2. The third-order valence-corrected chi connectivity index (χ3v) is 6.19. The van der Waals surface area contributed by atoms with Crippen LogP contribution in [0.15, 0.2) is 48.5 Å². The highest BCUT2D eigenvalue weighted by atomic mass is 16.5. The number of amides is 2. The lowest BCUT2D eigenvalue weighted by molar-refractivity contribution is 0.0341. The van der Waals surface area contributed by atoms with Crippen LogP contribution in [-0.2, 0) is 11.3 Å². The Hall–Kier alpha value is -2.70. The molecule has 2 heterocycles. The number of carbonyl (C=O) groups is 2. The predicted molar refractivity (Wildman–Crippen MR) is 120 cm³/mol. The molecule has 164 valence electrons. The van der Waals surface area contributed by atoms with Gasteiger partial charge in [0.15, 0.2) is 0 Å². The number of nitrogens with zero attached hydrogens (tertiary/aromatic N) is 2. The topological polar surface area (TPSA) is 61.9 Å². The third kappa shape index (κ3) is 5.51. The Balaban J connectivity index is 1.30. The summed E-state index contributed by atoms with van der Waals surface area (Å²) < 4.78 is 5.41. The van der Waals surface area contributed by atoms with Gasteiger partial charge in [0.2, 0.25) is 0 Å². The number of benzene rings is 2. The van der Waals surface area contributed by atoms with E-state index < -0.39 is 0 Å². The van der Waals surface area contributed by atoms with E-state index in [0.29, 0.717) is 13.1 Å². The van der Waals surface area contributed by atoms with E-state index in [-0.39, 0.29) is 17.9 Å². The molecule has 2 aliphatic rings. The van der Waals surface area contributed by atoms with Crippen molar-refractivity contribution in [3.63, 3.8) is 0 Å². The minimum absolute atomic E-state index is 0.0290. The number of nitrogens with one attached hydrogen (secondary N) is 1. The van der Waals surface area contributed by atoms with Crippen LogP contribution in [0.4, 0.5) is 0 Å². The van der Waals surface area contributed by atoms with Crippen molar-refractivity contribution in [2.75, 3.05) is 39.4 Å². The molecule has 31 heavy (non-hydrogen) atoms. The van der Waals surface area contributed by atoms with Crippen molar-refractivity contribution in [3.05, 3.63) is 70.8 Å². The largest absolute Gasteiger partial charge is 0.379 e. The number of morpholine rings is 1. The molecule has 0 aliphatic carbocycles. The average molecular weight is 422 g/mol. The second-order valence-corrected chi connectivity index (χ2v) is 8.44. The van der Waals surface area contributed by atoms with Gasteiger partial charge in [-0.25, -0.2) is 0 Å². The SMILES string of the molecule is Cc1ccccc1C(=O)NC1CCN(C(=O)c2cccc(CN3CCOCC3)c2)CC1. The van der Waals surface area contributed by atoms with E-state index in [1.165, 1.54) is 0 Å². The molecule has 0 saturated carbocycles. The van der Waals surface area contributed by atoms with E-state index >= 15 is 0 Å². The summed E-state index contributed by atoms with van der Waals surface area (Å²) in [6, 6.07) is 15.7. The molecule has 6 heteroatoms. The summed E-state index contributed by atoms with van der Waals surface area (Å²) >= 11 is 0. The fourth-order valence-corrected chi connectivity index (χ4v) is 4.32. The van der Waals surface area contributed by atoms with Gasteiger partial charge >= 0.3 is 0 Å². The van der Waals surface area contributed by atoms with E-state index in [4.69, 9.17) is 4.74 Å². The number of ether oxygens (including phenoxy) is 1. The quantitative estimate of drug-likeness (QED) is 0.807. The van der Waals surface area contributed by atoms with Crippen molar-refractivity contribution in [1.29, 1.82) is 0 Å².